The van der Waals surface area contributed by atoms with Crippen molar-refractivity contribution in [3.63, 3.8) is 0 Å². The fraction of sp³-hybridized carbons (Fsp3) is 0.929. The van der Waals surface area contributed by atoms with Gasteiger partial charge in [0.15, 0.2) is 0 Å². The van der Waals surface area contributed by atoms with Crippen molar-refractivity contribution in [1.82, 2.24) is 10.2 Å². The van der Waals surface area contributed by atoms with Crippen molar-refractivity contribution in [2.75, 3.05) is 26.2 Å². The first-order valence-corrected chi connectivity index (χ1v) is 7.54. The molecule has 1 atom stereocenters. The molecule has 4 nitrogen and oxygen atoms in total. The SMILES string of the molecule is CC.NC(C(=O)N1CCNCC1)C1CCCCC1. The average Bonchev–Trinajstić information content (AvgIpc) is 2.49. The van der Waals surface area contributed by atoms with E-state index in [2.05, 4.69) is 5.32 Å². The van der Waals surface area contributed by atoms with Crippen LogP contribution in [0.4, 0.5) is 0 Å². The molecule has 1 aliphatic heterocycles. The minimum absolute atomic E-state index is 0.174. The van der Waals surface area contributed by atoms with E-state index in [9.17, 15) is 4.79 Å². The zero-order chi connectivity index (χ0) is 13.4. The van der Waals surface area contributed by atoms with Gasteiger partial charge in [0.2, 0.25) is 5.91 Å². The van der Waals surface area contributed by atoms with Gasteiger partial charge in [-0.25, -0.2) is 0 Å². The molecule has 4 heteroatoms. The maximum Gasteiger partial charge on any atom is 0.239 e. The van der Waals surface area contributed by atoms with Crippen LogP contribution in [0, 0.1) is 5.92 Å². The van der Waals surface area contributed by atoms with E-state index in [1.54, 1.807) is 0 Å². The molecule has 2 fully saturated rings. The van der Waals surface area contributed by atoms with Crippen molar-refractivity contribution in [3.8, 4) is 0 Å². The number of rotatable bonds is 2. The Morgan fingerprint density at radius 1 is 1.17 bits per heavy atom. The molecule has 0 bridgehead atoms. The molecular formula is C14H29N3O. The Labute approximate surface area is 111 Å². The third-order valence-electron chi connectivity index (χ3n) is 3.87. The summed E-state index contributed by atoms with van der Waals surface area (Å²) in [5, 5.41) is 3.25. The summed E-state index contributed by atoms with van der Waals surface area (Å²) in [5.74, 6) is 0.601. The zero-order valence-corrected chi connectivity index (χ0v) is 12.0. The molecule has 1 heterocycles. The van der Waals surface area contributed by atoms with E-state index in [0.717, 1.165) is 39.0 Å². The quantitative estimate of drug-likeness (QED) is 0.783. The molecule has 106 valence electrons. The molecular weight excluding hydrogens is 226 g/mol. The molecule has 1 saturated heterocycles. The van der Waals surface area contributed by atoms with E-state index in [-0.39, 0.29) is 11.9 Å². The lowest BCUT2D eigenvalue weighted by atomic mass is 9.83. The maximum atomic E-state index is 12.2. The molecule has 1 saturated carbocycles. The normalized spacial score (nSPS) is 22.9. The van der Waals surface area contributed by atoms with Gasteiger partial charge in [0.25, 0.3) is 0 Å². The summed E-state index contributed by atoms with van der Waals surface area (Å²) in [4.78, 5) is 14.1. The van der Waals surface area contributed by atoms with Gasteiger partial charge in [0, 0.05) is 26.2 Å². The first-order chi connectivity index (χ1) is 8.79. The largest absolute Gasteiger partial charge is 0.339 e. The molecule has 2 rings (SSSR count). The van der Waals surface area contributed by atoms with Crippen LogP contribution in [0.3, 0.4) is 0 Å². The maximum absolute atomic E-state index is 12.2. The molecule has 18 heavy (non-hydrogen) atoms. The van der Waals surface area contributed by atoms with E-state index in [4.69, 9.17) is 5.73 Å². The summed E-state index contributed by atoms with van der Waals surface area (Å²) in [7, 11) is 0. The van der Waals surface area contributed by atoms with Crippen molar-refractivity contribution in [2.45, 2.75) is 52.0 Å². The van der Waals surface area contributed by atoms with Crippen LogP contribution in [0.15, 0.2) is 0 Å². The van der Waals surface area contributed by atoms with Crippen LogP contribution < -0.4 is 11.1 Å². The van der Waals surface area contributed by atoms with E-state index in [0.29, 0.717) is 5.92 Å². The molecule has 0 aromatic heterocycles. The Hall–Kier alpha value is -0.610. The Morgan fingerprint density at radius 3 is 2.28 bits per heavy atom. The number of carbonyl (C=O) groups excluding carboxylic acids is 1. The predicted octanol–water partition coefficient (Wildman–Crippen LogP) is 1.35. The monoisotopic (exact) mass is 255 g/mol. The van der Waals surface area contributed by atoms with Crippen LogP contribution in [0.1, 0.15) is 46.0 Å². The number of amides is 1. The van der Waals surface area contributed by atoms with Crippen LogP contribution in [0.5, 0.6) is 0 Å². The van der Waals surface area contributed by atoms with Gasteiger partial charge in [-0.15, -0.1) is 0 Å². The second-order valence-electron chi connectivity index (χ2n) is 5.00. The average molecular weight is 255 g/mol. The second-order valence-corrected chi connectivity index (χ2v) is 5.00. The number of hydrogen-bond acceptors (Lipinski definition) is 3. The molecule has 0 radical (unpaired) electrons. The van der Waals surface area contributed by atoms with Crippen LogP contribution in [-0.4, -0.2) is 43.0 Å². The highest BCUT2D eigenvalue weighted by Gasteiger charge is 2.29. The lowest BCUT2D eigenvalue weighted by molar-refractivity contribution is -0.134. The van der Waals surface area contributed by atoms with Gasteiger partial charge in [-0.1, -0.05) is 33.1 Å². The third-order valence-corrected chi connectivity index (χ3v) is 3.87. The molecule has 1 aliphatic carbocycles. The number of piperazine rings is 1. The van der Waals surface area contributed by atoms with Crippen molar-refractivity contribution in [2.24, 2.45) is 11.7 Å². The molecule has 0 aromatic carbocycles. The molecule has 0 spiro atoms. The minimum atomic E-state index is -0.251. The molecule has 3 N–H and O–H groups in total. The molecule has 2 aliphatic rings. The first kappa shape index (κ1) is 15.4. The zero-order valence-electron chi connectivity index (χ0n) is 12.0. The van der Waals surface area contributed by atoms with Gasteiger partial charge in [-0.2, -0.15) is 0 Å². The van der Waals surface area contributed by atoms with Crippen molar-refractivity contribution in [3.05, 3.63) is 0 Å². The lowest BCUT2D eigenvalue weighted by Gasteiger charge is -2.33. The summed E-state index contributed by atoms with van der Waals surface area (Å²) in [6, 6.07) is -0.251. The molecule has 1 unspecified atom stereocenters. The number of carbonyl (C=O) groups is 1. The predicted molar refractivity (Wildman–Crippen MR) is 75.3 cm³/mol. The van der Waals surface area contributed by atoms with E-state index < -0.39 is 0 Å². The number of hydrogen-bond donors (Lipinski definition) is 2. The summed E-state index contributed by atoms with van der Waals surface area (Å²) in [6.45, 7) is 7.45. The fourth-order valence-corrected chi connectivity index (χ4v) is 2.79. The summed E-state index contributed by atoms with van der Waals surface area (Å²) < 4.78 is 0. The lowest BCUT2D eigenvalue weighted by Crippen LogP contribution is -2.54. The number of nitrogens with two attached hydrogens (primary N) is 1. The Kier molecular flexibility index (Phi) is 7.28. The van der Waals surface area contributed by atoms with E-state index >= 15 is 0 Å². The number of nitrogens with zero attached hydrogens (tertiary/aromatic N) is 1. The highest BCUT2D eigenvalue weighted by atomic mass is 16.2. The standard InChI is InChI=1S/C12H23N3O.C2H6/c13-11(10-4-2-1-3-5-10)12(16)15-8-6-14-7-9-15;1-2/h10-11,14H,1-9,13H2;1-2H3. The topological polar surface area (TPSA) is 58.4 Å². The van der Waals surface area contributed by atoms with Gasteiger partial charge < -0.3 is 16.0 Å². The van der Waals surface area contributed by atoms with Gasteiger partial charge in [-0.3, -0.25) is 4.79 Å². The highest BCUT2D eigenvalue weighted by Crippen LogP contribution is 2.26. The van der Waals surface area contributed by atoms with Crippen LogP contribution in [0.25, 0.3) is 0 Å². The van der Waals surface area contributed by atoms with E-state index in [1.165, 1.54) is 19.3 Å². The van der Waals surface area contributed by atoms with E-state index in [1.807, 2.05) is 18.7 Å². The second kappa shape index (κ2) is 8.48. The highest BCUT2D eigenvalue weighted by molar-refractivity contribution is 5.82. The van der Waals surface area contributed by atoms with Crippen molar-refractivity contribution >= 4 is 5.91 Å². The third kappa shape index (κ3) is 4.25. The summed E-state index contributed by atoms with van der Waals surface area (Å²) >= 11 is 0. The Balaban J connectivity index is 0.000000771. The Morgan fingerprint density at radius 2 is 1.72 bits per heavy atom. The van der Waals surface area contributed by atoms with Crippen LogP contribution in [0.2, 0.25) is 0 Å². The van der Waals surface area contributed by atoms with Crippen LogP contribution in [-0.2, 0) is 4.79 Å². The van der Waals surface area contributed by atoms with Gasteiger partial charge in [0.05, 0.1) is 6.04 Å². The van der Waals surface area contributed by atoms with Crippen LogP contribution >= 0.6 is 0 Å². The smallest absolute Gasteiger partial charge is 0.239 e. The number of nitrogens with one attached hydrogen (secondary N) is 1. The van der Waals surface area contributed by atoms with Crippen molar-refractivity contribution < 1.29 is 4.79 Å². The first-order valence-electron chi connectivity index (χ1n) is 7.54. The summed E-state index contributed by atoms with van der Waals surface area (Å²) in [6.07, 6.45) is 6.07. The van der Waals surface area contributed by atoms with Gasteiger partial charge in [0.1, 0.15) is 0 Å². The molecule has 1 amide bonds. The summed E-state index contributed by atoms with van der Waals surface area (Å²) in [5.41, 5.74) is 6.11. The van der Waals surface area contributed by atoms with Gasteiger partial charge >= 0.3 is 0 Å². The minimum Gasteiger partial charge on any atom is -0.339 e. The molecule has 0 aromatic rings. The Bertz CT molecular complexity index is 233. The van der Waals surface area contributed by atoms with Crippen molar-refractivity contribution in [1.29, 1.82) is 0 Å². The fourth-order valence-electron chi connectivity index (χ4n) is 2.79. The van der Waals surface area contributed by atoms with Gasteiger partial charge in [-0.05, 0) is 18.8 Å².